The minimum atomic E-state index is -0.486. The minimum Gasteiger partial charge on any atom is -0.496 e. The van der Waals surface area contributed by atoms with E-state index >= 15 is 0 Å². The van der Waals surface area contributed by atoms with Crippen LogP contribution in [0.25, 0.3) is 22.3 Å². The summed E-state index contributed by atoms with van der Waals surface area (Å²) in [7, 11) is 1.61. The molecule has 3 aromatic carbocycles. The molecule has 0 bridgehead atoms. The number of aliphatic hydroxyl groups excluding tert-OH is 1. The van der Waals surface area contributed by atoms with Crippen molar-refractivity contribution in [1.29, 1.82) is 0 Å². The fraction of sp³-hybridized carbons (Fsp3) is 0.259. The molecule has 0 spiro atoms. The van der Waals surface area contributed by atoms with E-state index in [-0.39, 0.29) is 18.6 Å². The van der Waals surface area contributed by atoms with Gasteiger partial charge in [0.25, 0.3) is 5.91 Å². The van der Waals surface area contributed by atoms with Crippen molar-refractivity contribution in [1.82, 2.24) is 4.90 Å². The van der Waals surface area contributed by atoms with E-state index < -0.39 is 5.91 Å². The highest BCUT2D eigenvalue weighted by molar-refractivity contribution is 6.02. The lowest BCUT2D eigenvalue weighted by Crippen LogP contribution is -2.46. The largest absolute Gasteiger partial charge is 0.496 e. The SMILES string of the molecule is COc1ccccc1-c1cc(C(N)=O)c2c(c1)-c1cc(C(=O)N3CCOC(CO)C3)ccc1C2. The Morgan fingerprint density at radius 2 is 1.94 bits per heavy atom. The highest BCUT2D eigenvalue weighted by Crippen LogP contribution is 2.43. The molecule has 34 heavy (non-hydrogen) atoms. The number of nitrogens with two attached hydrogens (primary N) is 1. The van der Waals surface area contributed by atoms with Crippen LogP contribution in [0.3, 0.4) is 0 Å². The number of amides is 2. The molecule has 3 aromatic rings. The lowest BCUT2D eigenvalue weighted by Gasteiger charge is -2.32. The van der Waals surface area contributed by atoms with Gasteiger partial charge in [0.1, 0.15) is 5.75 Å². The second-order valence-electron chi connectivity index (χ2n) is 8.59. The summed E-state index contributed by atoms with van der Waals surface area (Å²) in [5, 5.41) is 9.42. The summed E-state index contributed by atoms with van der Waals surface area (Å²) in [5.41, 5.74) is 12.2. The Balaban J connectivity index is 1.58. The maximum Gasteiger partial charge on any atom is 0.254 e. The third-order valence-corrected chi connectivity index (χ3v) is 6.58. The van der Waals surface area contributed by atoms with Crippen LogP contribution in [-0.2, 0) is 11.2 Å². The summed E-state index contributed by atoms with van der Waals surface area (Å²) in [4.78, 5) is 27.3. The van der Waals surface area contributed by atoms with Gasteiger partial charge in [-0.2, -0.15) is 0 Å². The molecule has 0 radical (unpaired) electrons. The molecule has 2 amide bonds. The van der Waals surface area contributed by atoms with Crippen LogP contribution in [0.1, 0.15) is 31.8 Å². The number of para-hydroxylation sites is 1. The van der Waals surface area contributed by atoms with Crippen LogP contribution in [0.4, 0.5) is 0 Å². The van der Waals surface area contributed by atoms with Crippen LogP contribution in [0.2, 0.25) is 0 Å². The predicted octanol–water partition coefficient (Wildman–Crippen LogP) is 2.87. The smallest absolute Gasteiger partial charge is 0.254 e. The normalized spacial score (nSPS) is 16.6. The van der Waals surface area contributed by atoms with Gasteiger partial charge in [0, 0.05) is 29.8 Å². The number of morpholine rings is 1. The summed E-state index contributed by atoms with van der Waals surface area (Å²) < 4.78 is 11.0. The number of primary amides is 1. The van der Waals surface area contributed by atoms with Crippen LogP contribution in [-0.4, -0.2) is 61.3 Å². The van der Waals surface area contributed by atoms with E-state index in [0.29, 0.717) is 43.0 Å². The van der Waals surface area contributed by atoms with Crippen molar-refractivity contribution >= 4 is 11.8 Å². The maximum absolute atomic E-state index is 13.2. The molecule has 1 heterocycles. The van der Waals surface area contributed by atoms with Gasteiger partial charge in [-0.05, 0) is 64.6 Å². The number of methoxy groups -OCH3 is 1. The molecule has 3 N–H and O–H groups in total. The molecular formula is C27H26N2O5. The molecule has 1 saturated heterocycles. The topological polar surface area (TPSA) is 102 Å². The number of carbonyl (C=O) groups is 2. The zero-order valence-corrected chi connectivity index (χ0v) is 18.9. The van der Waals surface area contributed by atoms with E-state index in [4.69, 9.17) is 15.2 Å². The second-order valence-corrected chi connectivity index (χ2v) is 8.59. The van der Waals surface area contributed by atoms with Gasteiger partial charge in [-0.1, -0.05) is 24.3 Å². The molecule has 174 valence electrons. The van der Waals surface area contributed by atoms with E-state index in [1.165, 1.54) is 0 Å². The van der Waals surface area contributed by atoms with E-state index in [0.717, 1.165) is 33.4 Å². The van der Waals surface area contributed by atoms with Gasteiger partial charge in [-0.25, -0.2) is 0 Å². The number of aliphatic hydroxyl groups is 1. The van der Waals surface area contributed by atoms with E-state index in [2.05, 4.69) is 0 Å². The van der Waals surface area contributed by atoms with Crippen LogP contribution in [0, 0.1) is 0 Å². The van der Waals surface area contributed by atoms with Crippen LogP contribution in [0.15, 0.2) is 54.6 Å². The Hall–Kier alpha value is -3.68. The average Bonchev–Trinajstić information content (AvgIpc) is 3.25. The minimum absolute atomic E-state index is 0.103. The standard InChI is InChI=1S/C27H26N2O5/c1-33-25-5-3-2-4-20(25)18-12-22-21-11-17(27(32)29-8-9-34-19(14-29)15-30)7-6-16(21)10-23(22)24(13-18)26(28)31/h2-7,11-13,19,30H,8-10,14-15H2,1H3,(H2,28,31). The summed E-state index contributed by atoms with van der Waals surface area (Å²) in [6.45, 7) is 1.11. The maximum atomic E-state index is 13.2. The third kappa shape index (κ3) is 3.83. The molecule has 1 aliphatic carbocycles. The first-order valence-corrected chi connectivity index (χ1v) is 11.2. The Kier molecular flexibility index (Phi) is 5.81. The van der Waals surface area contributed by atoms with Gasteiger partial charge in [-0.15, -0.1) is 0 Å². The first-order chi connectivity index (χ1) is 16.5. The molecule has 2 aliphatic rings. The Bertz CT molecular complexity index is 1290. The summed E-state index contributed by atoms with van der Waals surface area (Å²) in [6, 6.07) is 17.1. The number of carbonyl (C=O) groups excluding carboxylic acids is 2. The highest BCUT2D eigenvalue weighted by Gasteiger charge is 2.28. The summed E-state index contributed by atoms with van der Waals surface area (Å²) in [6.07, 6.45) is 0.211. The molecular weight excluding hydrogens is 432 g/mol. The molecule has 1 fully saturated rings. The fourth-order valence-corrected chi connectivity index (χ4v) is 4.86. The van der Waals surface area contributed by atoms with Crippen molar-refractivity contribution in [2.24, 2.45) is 5.73 Å². The quantitative estimate of drug-likeness (QED) is 0.479. The molecule has 7 nitrogen and oxygen atoms in total. The van der Waals surface area contributed by atoms with Crippen LogP contribution >= 0.6 is 0 Å². The average molecular weight is 459 g/mol. The van der Waals surface area contributed by atoms with Crippen LogP contribution < -0.4 is 10.5 Å². The van der Waals surface area contributed by atoms with Crippen molar-refractivity contribution in [2.75, 3.05) is 33.4 Å². The molecule has 7 heteroatoms. The predicted molar refractivity (Wildman–Crippen MR) is 128 cm³/mol. The van der Waals surface area contributed by atoms with Crippen molar-refractivity contribution < 1.29 is 24.2 Å². The van der Waals surface area contributed by atoms with Crippen molar-refractivity contribution in [3.8, 4) is 28.0 Å². The zero-order chi connectivity index (χ0) is 23.8. The molecule has 5 rings (SSSR count). The number of ether oxygens (including phenoxy) is 2. The molecule has 1 aliphatic heterocycles. The molecule has 1 unspecified atom stereocenters. The van der Waals surface area contributed by atoms with E-state index in [1.807, 2.05) is 54.6 Å². The lowest BCUT2D eigenvalue weighted by atomic mass is 9.93. The zero-order valence-electron chi connectivity index (χ0n) is 18.9. The first-order valence-electron chi connectivity index (χ1n) is 11.2. The number of benzene rings is 3. The third-order valence-electron chi connectivity index (χ3n) is 6.58. The number of hydrogen-bond donors (Lipinski definition) is 2. The van der Waals surface area contributed by atoms with E-state index in [9.17, 15) is 14.7 Å². The number of rotatable bonds is 5. The lowest BCUT2D eigenvalue weighted by molar-refractivity contribution is -0.0447. The Morgan fingerprint density at radius 1 is 1.12 bits per heavy atom. The van der Waals surface area contributed by atoms with Crippen molar-refractivity contribution in [2.45, 2.75) is 12.5 Å². The monoisotopic (exact) mass is 458 g/mol. The molecule has 0 saturated carbocycles. The number of hydrogen-bond acceptors (Lipinski definition) is 5. The number of nitrogens with zero attached hydrogens (tertiary/aromatic N) is 1. The van der Waals surface area contributed by atoms with Gasteiger partial charge in [0.05, 0.1) is 26.4 Å². The summed E-state index contributed by atoms with van der Waals surface area (Å²) in [5.74, 6) is 0.111. The second kappa shape index (κ2) is 8.93. The number of fused-ring (bicyclic) bond motifs is 3. The summed E-state index contributed by atoms with van der Waals surface area (Å²) >= 11 is 0. The fourth-order valence-electron chi connectivity index (χ4n) is 4.86. The highest BCUT2D eigenvalue weighted by atomic mass is 16.5. The molecule has 1 atom stereocenters. The van der Waals surface area contributed by atoms with E-state index in [1.54, 1.807) is 12.0 Å². The van der Waals surface area contributed by atoms with Gasteiger partial charge >= 0.3 is 0 Å². The van der Waals surface area contributed by atoms with Crippen molar-refractivity contribution in [3.05, 3.63) is 76.9 Å². The molecule has 0 aromatic heterocycles. The van der Waals surface area contributed by atoms with Gasteiger partial charge < -0.3 is 25.2 Å². The van der Waals surface area contributed by atoms with Crippen LogP contribution in [0.5, 0.6) is 5.75 Å². The first kappa shape index (κ1) is 22.1. The van der Waals surface area contributed by atoms with Gasteiger partial charge in [0.15, 0.2) is 0 Å². The van der Waals surface area contributed by atoms with Crippen molar-refractivity contribution in [3.63, 3.8) is 0 Å². The Morgan fingerprint density at radius 3 is 2.71 bits per heavy atom. The van der Waals surface area contributed by atoms with Gasteiger partial charge in [0.2, 0.25) is 5.91 Å². The Labute approximate surface area is 197 Å². The van der Waals surface area contributed by atoms with Gasteiger partial charge in [-0.3, -0.25) is 9.59 Å².